The Hall–Kier alpha value is -4.62. The number of nitrogens with zero attached hydrogens (tertiary/aromatic N) is 3. The molecule has 4 aromatic rings. The Morgan fingerprint density at radius 2 is 1.95 bits per heavy atom. The van der Waals surface area contributed by atoms with E-state index in [4.69, 9.17) is 4.74 Å². The molecule has 5 rings (SSSR count). The number of carbonyl (C=O) groups is 2. The number of aromatic nitrogens is 3. The van der Waals surface area contributed by atoms with Gasteiger partial charge in [-0.3, -0.25) is 14.0 Å². The van der Waals surface area contributed by atoms with Gasteiger partial charge in [0, 0.05) is 48.8 Å². The number of hydrogen-bond acceptors (Lipinski definition) is 8. The molecule has 2 atom stereocenters. The number of carbonyl (C=O) groups excluding carboxylic acids is 2. The number of fused-ring (bicyclic) bond motifs is 1. The number of aliphatic hydroxyl groups excluding tert-OH is 1. The number of anilines is 2. The van der Waals surface area contributed by atoms with Crippen molar-refractivity contribution in [2.24, 2.45) is 0 Å². The Kier molecular flexibility index (Phi) is 8.59. The fourth-order valence-electron chi connectivity index (χ4n) is 4.86. The van der Waals surface area contributed by atoms with Crippen molar-refractivity contribution in [1.29, 1.82) is 0 Å². The molecule has 2 amide bonds. The first-order valence-electron chi connectivity index (χ1n) is 13.5. The topological polar surface area (TPSA) is 142 Å². The number of ether oxygens (including phenoxy) is 1. The molecule has 1 saturated heterocycles. The molecule has 2 aromatic carbocycles. The predicted molar refractivity (Wildman–Crippen MR) is 152 cm³/mol. The number of hydrogen-bond donors (Lipinski definition) is 5. The number of β-amino-alcohol motifs (C(OH)–C–C–N with tert-alkyl or cyclic N) is 1. The van der Waals surface area contributed by atoms with Crippen LogP contribution >= 0.6 is 0 Å². The summed E-state index contributed by atoms with van der Waals surface area (Å²) in [5.74, 6) is -2.32. The molecule has 42 heavy (non-hydrogen) atoms. The number of benzene rings is 2. The maximum atomic E-state index is 14.8. The molecule has 5 N–H and O–H groups in total. The van der Waals surface area contributed by atoms with Crippen molar-refractivity contribution in [2.45, 2.75) is 31.9 Å². The average Bonchev–Trinajstić information content (AvgIpc) is 3.61. The maximum Gasteiger partial charge on any atom is 0.251 e. The van der Waals surface area contributed by atoms with Crippen LogP contribution in [0.3, 0.4) is 0 Å². The molecule has 0 spiro atoms. The summed E-state index contributed by atoms with van der Waals surface area (Å²) in [6.07, 6.45) is 5.00. The number of amides is 2. The van der Waals surface area contributed by atoms with Crippen molar-refractivity contribution >= 4 is 29.0 Å². The van der Waals surface area contributed by atoms with Crippen molar-refractivity contribution in [3.05, 3.63) is 71.7 Å². The molecule has 1 fully saturated rings. The highest BCUT2D eigenvalue weighted by Crippen LogP contribution is 2.31. The molecular formula is C29H31F2N7O4. The Labute approximate surface area is 240 Å². The van der Waals surface area contributed by atoms with Crippen LogP contribution in [0.25, 0.3) is 16.9 Å². The van der Waals surface area contributed by atoms with E-state index in [9.17, 15) is 23.5 Å². The highest BCUT2D eigenvalue weighted by molar-refractivity contribution is 5.96. The van der Waals surface area contributed by atoms with Crippen LogP contribution in [0.2, 0.25) is 0 Å². The van der Waals surface area contributed by atoms with E-state index in [-0.39, 0.29) is 29.2 Å². The summed E-state index contributed by atoms with van der Waals surface area (Å²) >= 11 is 0. The number of methoxy groups -OCH3 is 1. The van der Waals surface area contributed by atoms with Gasteiger partial charge in [0.25, 0.3) is 5.91 Å². The lowest BCUT2D eigenvalue weighted by molar-refractivity contribution is -0.122. The third kappa shape index (κ3) is 6.02. The molecule has 11 nitrogen and oxygen atoms in total. The first-order chi connectivity index (χ1) is 20.3. The molecule has 0 bridgehead atoms. The van der Waals surface area contributed by atoms with E-state index in [2.05, 4.69) is 31.2 Å². The zero-order valence-corrected chi connectivity index (χ0v) is 23.1. The van der Waals surface area contributed by atoms with Gasteiger partial charge in [-0.2, -0.15) is 4.39 Å². The van der Waals surface area contributed by atoms with Crippen molar-refractivity contribution in [3.63, 3.8) is 0 Å². The SMILES string of the molecule is COc1ccc(-c2cnc3c(Nc4ccc(C(=O)NCCCNC(=O)C5CC(O)CN5)c(C)c4)nccn23)c(F)c1F. The zero-order valence-electron chi connectivity index (χ0n) is 23.1. The molecular weight excluding hydrogens is 548 g/mol. The highest BCUT2D eigenvalue weighted by atomic mass is 19.2. The van der Waals surface area contributed by atoms with E-state index in [1.807, 2.05) is 6.92 Å². The summed E-state index contributed by atoms with van der Waals surface area (Å²) in [5.41, 5.74) is 2.64. The van der Waals surface area contributed by atoms with Crippen LogP contribution < -0.4 is 26.0 Å². The van der Waals surface area contributed by atoms with Gasteiger partial charge in [0.2, 0.25) is 11.7 Å². The molecule has 3 heterocycles. The van der Waals surface area contributed by atoms with Crippen LogP contribution in [0.5, 0.6) is 5.75 Å². The first kappa shape index (κ1) is 28.9. The molecule has 2 aromatic heterocycles. The van der Waals surface area contributed by atoms with Gasteiger partial charge in [0.1, 0.15) is 0 Å². The number of imidazole rings is 1. The van der Waals surface area contributed by atoms with Crippen LogP contribution in [0.4, 0.5) is 20.3 Å². The van der Waals surface area contributed by atoms with Crippen LogP contribution in [0.1, 0.15) is 28.8 Å². The lowest BCUT2D eigenvalue weighted by Gasteiger charge is -2.13. The number of halogens is 2. The second-order valence-electron chi connectivity index (χ2n) is 9.96. The van der Waals surface area contributed by atoms with Crippen molar-refractivity contribution in [2.75, 3.05) is 32.1 Å². The maximum absolute atomic E-state index is 14.8. The lowest BCUT2D eigenvalue weighted by atomic mass is 10.1. The van der Waals surface area contributed by atoms with Crippen LogP contribution in [0, 0.1) is 18.6 Å². The quantitative estimate of drug-likeness (QED) is 0.181. The zero-order chi connectivity index (χ0) is 29.8. The largest absolute Gasteiger partial charge is 0.494 e. The van der Waals surface area contributed by atoms with Gasteiger partial charge in [-0.15, -0.1) is 0 Å². The second kappa shape index (κ2) is 12.5. The van der Waals surface area contributed by atoms with Gasteiger partial charge in [0.05, 0.1) is 31.1 Å². The molecule has 13 heteroatoms. The minimum atomic E-state index is -1.08. The summed E-state index contributed by atoms with van der Waals surface area (Å²) in [6.45, 7) is 3.01. The van der Waals surface area contributed by atoms with E-state index in [0.717, 1.165) is 5.56 Å². The van der Waals surface area contributed by atoms with E-state index in [1.165, 1.54) is 31.6 Å². The van der Waals surface area contributed by atoms with Crippen molar-refractivity contribution in [3.8, 4) is 17.0 Å². The van der Waals surface area contributed by atoms with Crippen LogP contribution in [0.15, 0.2) is 48.9 Å². The Morgan fingerprint density at radius 1 is 1.14 bits per heavy atom. The highest BCUT2D eigenvalue weighted by Gasteiger charge is 2.27. The molecule has 1 aliphatic heterocycles. The van der Waals surface area contributed by atoms with Gasteiger partial charge >= 0.3 is 0 Å². The standard InChI is InChI=1S/C29H31F2N7O4/c1-16-12-17(4-5-19(16)28(40)33-8-3-9-34-29(41)21-13-18(39)14-35-21)37-26-27-36-15-22(38(27)11-10-32-26)20-6-7-23(42-2)25(31)24(20)30/h4-7,10-12,15,18,21,35,39H,3,8-9,13-14H2,1-2H3,(H,32,37)(H,33,40)(H,34,41). The molecule has 1 aliphatic rings. The third-order valence-electron chi connectivity index (χ3n) is 7.07. The van der Waals surface area contributed by atoms with Gasteiger partial charge in [-0.1, -0.05) is 0 Å². The van der Waals surface area contributed by atoms with Crippen molar-refractivity contribution < 1.29 is 28.2 Å². The van der Waals surface area contributed by atoms with Gasteiger partial charge < -0.3 is 31.1 Å². The van der Waals surface area contributed by atoms with Crippen molar-refractivity contribution in [1.82, 2.24) is 30.3 Å². The molecule has 0 radical (unpaired) electrons. The van der Waals surface area contributed by atoms with E-state index in [0.29, 0.717) is 60.9 Å². The minimum absolute atomic E-state index is 0.0252. The third-order valence-corrected chi connectivity index (χ3v) is 7.07. The number of nitrogens with one attached hydrogen (secondary N) is 4. The van der Waals surface area contributed by atoms with E-state index >= 15 is 0 Å². The summed E-state index contributed by atoms with van der Waals surface area (Å²) in [4.78, 5) is 33.5. The lowest BCUT2D eigenvalue weighted by Crippen LogP contribution is -2.41. The Morgan fingerprint density at radius 3 is 2.69 bits per heavy atom. The van der Waals surface area contributed by atoms with Crippen LogP contribution in [-0.2, 0) is 4.79 Å². The van der Waals surface area contributed by atoms with Gasteiger partial charge in [-0.25, -0.2) is 14.4 Å². The first-order valence-corrected chi connectivity index (χ1v) is 13.5. The number of aliphatic hydroxyl groups is 1. The molecule has 220 valence electrons. The Bertz CT molecular complexity index is 1630. The molecule has 0 saturated carbocycles. The van der Waals surface area contributed by atoms with Crippen LogP contribution in [-0.4, -0.2) is 70.2 Å². The fraction of sp³-hybridized carbons (Fsp3) is 0.310. The average molecular weight is 580 g/mol. The summed E-state index contributed by atoms with van der Waals surface area (Å²) in [6, 6.07) is 7.62. The van der Waals surface area contributed by atoms with E-state index in [1.54, 1.807) is 28.8 Å². The molecule has 2 unspecified atom stereocenters. The summed E-state index contributed by atoms with van der Waals surface area (Å²) in [7, 11) is 1.27. The smallest absolute Gasteiger partial charge is 0.251 e. The molecule has 0 aliphatic carbocycles. The summed E-state index contributed by atoms with van der Waals surface area (Å²) < 4.78 is 35.6. The van der Waals surface area contributed by atoms with E-state index < -0.39 is 17.7 Å². The minimum Gasteiger partial charge on any atom is -0.494 e. The van der Waals surface area contributed by atoms with Gasteiger partial charge in [0.15, 0.2) is 23.0 Å². The predicted octanol–water partition coefficient (Wildman–Crippen LogP) is 2.69. The Balaban J connectivity index is 1.20. The number of rotatable bonds is 10. The normalized spacial score (nSPS) is 16.4. The second-order valence-corrected chi connectivity index (χ2v) is 9.96. The summed E-state index contributed by atoms with van der Waals surface area (Å²) in [5, 5.41) is 21.3. The van der Waals surface area contributed by atoms with Gasteiger partial charge in [-0.05, 0) is 55.7 Å². The monoisotopic (exact) mass is 579 g/mol. The number of aryl methyl sites for hydroxylation is 1. The fourth-order valence-corrected chi connectivity index (χ4v) is 4.86.